The zero-order chi connectivity index (χ0) is 13.0. The summed E-state index contributed by atoms with van der Waals surface area (Å²) in [6.07, 6.45) is 0.800. The van der Waals surface area contributed by atoms with Crippen molar-refractivity contribution in [2.24, 2.45) is 0 Å². The number of nitriles is 1. The van der Waals surface area contributed by atoms with Gasteiger partial charge < -0.3 is 15.4 Å². The van der Waals surface area contributed by atoms with Crippen molar-refractivity contribution < 1.29 is 9.53 Å². The largest absolute Gasteiger partial charge is 0.379 e. The molecule has 0 spiro atoms. The molecular weight excluding hydrogens is 254 g/mol. The lowest BCUT2D eigenvalue weighted by molar-refractivity contribution is 0.189. The summed E-state index contributed by atoms with van der Waals surface area (Å²) in [5.74, 6) is 0. The standard InChI is InChI=1S/C12H12ClN3O2/c13-9-2-1-8(6-14)11(5-9)16-12(17)15-10-3-4-18-7-10/h1-2,5,10H,3-4,7H2,(H2,15,16,17). The van der Waals surface area contributed by atoms with Gasteiger partial charge in [-0.1, -0.05) is 11.6 Å². The first-order valence-electron chi connectivity index (χ1n) is 5.54. The lowest BCUT2D eigenvalue weighted by Gasteiger charge is -2.12. The normalized spacial score (nSPS) is 18.1. The van der Waals surface area contributed by atoms with Crippen LogP contribution < -0.4 is 10.6 Å². The van der Waals surface area contributed by atoms with Crippen molar-refractivity contribution >= 4 is 23.3 Å². The lowest BCUT2D eigenvalue weighted by atomic mass is 10.2. The van der Waals surface area contributed by atoms with Gasteiger partial charge in [-0.15, -0.1) is 0 Å². The number of halogens is 1. The molecule has 6 heteroatoms. The van der Waals surface area contributed by atoms with Gasteiger partial charge in [0, 0.05) is 11.6 Å². The number of amides is 2. The van der Waals surface area contributed by atoms with Crippen LogP contribution in [0, 0.1) is 11.3 Å². The van der Waals surface area contributed by atoms with Gasteiger partial charge in [0.2, 0.25) is 0 Å². The Labute approximate surface area is 110 Å². The van der Waals surface area contributed by atoms with Gasteiger partial charge in [0.15, 0.2) is 0 Å². The molecule has 5 nitrogen and oxygen atoms in total. The molecule has 0 radical (unpaired) electrons. The topological polar surface area (TPSA) is 74.2 Å². The average molecular weight is 266 g/mol. The van der Waals surface area contributed by atoms with E-state index in [0.29, 0.717) is 29.5 Å². The fraction of sp³-hybridized carbons (Fsp3) is 0.333. The monoisotopic (exact) mass is 265 g/mol. The molecule has 1 aliphatic rings. The molecule has 2 amide bonds. The van der Waals surface area contributed by atoms with Crippen molar-refractivity contribution in [3.05, 3.63) is 28.8 Å². The maximum atomic E-state index is 11.7. The molecule has 1 aliphatic heterocycles. The Hall–Kier alpha value is -1.77. The predicted octanol–water partition coefficient (Wildman–Crippen LogP) is 2.12. The molecule has 0 aliphatic carbocycles. The van der Waals surface area contributed by atoms with E-state index < -0.39 is 0 Å². The molecule has 94 valence electrons. The van der Waals surface area contributed by atoms with Crippen molar-refractivity contribution in [2.75, 3.05) is 18.5 Å². The van der Waals surface area contributed by atoms with E-state index in [1.165, 1.54) is 0 Å². The van der Waals surface area contributed by atoms with E-state index in [4.69, 9.17) is 21.6 Å². The smallest absolute Gasteiger partial charge is 0.319 e. The van der Waals surface area contributed by atoms with E-state index in [2.05, 4.69) is 10.6 Å². The third-order valence-corrected chi connectivity index (χ3v) is 2.85. The molecule has 1 saturated heterocycles. The minimum Gasteiger partial charge on any atom is -0.379 e. The first-order chi connectivity index (χ1) is 8.69. The van der Waals surface area contributed by atoms with Gasteiger partial charge in [0.05, 0.1) is 23.9 Å². The number of hydrogen-bond acceptors (Lipinski definition) is 3. The third-order valence-electron chi connectivity index (χ3n) is 2.62. The zero-order valence-corrected chi connectivity index (χ0v) is 10.3. The van der Waals surface area contributed by atoms with Crippen molar-refractivity contribution in [2.45, 2.75) is 12.5 Å². The number of carbonyl (C=O) groups excluding carboxylic acids is 1. The fourth-order valence-electron chi connectivity index (χ4n) is 1.71. The number of anilines is 1. The average Bonchev–Trinajstić information content (AvgIpc) is 2.82. The van der Waals surface area contributed by atoms with Gasteiger partial charge in [-0.05, 0) is 24.6 Å². The number of nitrogens with one attached hydrogen (secondary N) is 2. The van der Waals surface area contributed by atoms with E-state index in [1.807, 2.05) is 6.07 Å². The van der Waals surface area contributed by atoms with Gasteiger partial charge in [0.25, 0.3) is 0 Å². The maximum absolute atomic E-state index is 11.7. The van der Waals surface area contributed by atoms with Gasteiger partial charge in [0.1, 0.15) is 6.07 Å². The molecule has 2 rings (SSSR count). The maximum Gasteiger partial charge on any atom is 0.319 e. The van der Waals surface area contributed by atoms with E-state index in [1.54, 1.807) is 18.2 Å². The van der Waals surface area contributed by atoms with Crippen LogP contribution in [0.15, 0.2) is 18.2 Å². The summed E-state index contributed by atoms with van der Waals surface area (Å²) in [4.78, 5) is 11.7. The van der Waals surface area contributed by atoms with Crippen molar-refractivity contribution in [1.29, 1.82) is 5.26 Å². The Morgan fingerprint density at radius 2 is 2.39 bits per heavy atom. The van der Waals surface area contributed by atoms with Crippen molar-refractivity contribution in [3.63, 3.8) is 0 Å². The Morgan fingerprint density at radius 1 is 1.56 bits per heavy atom. The molecule has 18 heavy (non-hydrogen) atoms. The van der Waals surface area contributed by atoms with Crippen LogP contribution >= 0.6 is 11.6 Å². The Balaban J connectivity index is 2.02. The highest BCUT2D eigenvalue weighted by atomic mass is 35.5. The van der Waals surface area contributed by atoms with Crippen LogP contribution in [0.25, 0.3) is 0 Å². The highest BCUT2D eigenvalue weighted by molar-refractivity contribution is 6.31. The van der Waals surface area contributed by atoms with Crippen LogP contribution in [-0.4, -0.2) is 25.3 Å². The van der Waals surface area contributed by atoms with E-state index >= 15 is 0 Å². The highest BCUT2D eigenvalue weighted by Gasteiger charge is 2.18. The van der Waals surface area contributed by atoms with Crippen LogP contribution in [0.2, 0.25) is 5.02 Å². The molecule has 1 heterocycles. The minimum atomic E-state index is -0.357. The predicted molar refractivity (Wildman–Crippen MR) is 67.5 cm³/mol. The molecule has 1 atom stereocenters. The fourth-order valence-corrected chi connectivity index (χ4v) is 1.88. The van der Waals surface area contributed by atoms with E-state index in [-0.39, 0.29) is 12.1 Å². The number of benzene rings is 1. The summed E-state index contributed by atoms with van der Waals surface area (Å²) >= 11 is 5.83. The number of urea groups is 1. The first kappa shape index (κ1) is 12.7. The zero-order valence-electron chi connectivity index (χ0n) is 9.57. The second-order valence-corrected chi connectivity index (χ2v) is 4.40. The molecular formula is C12H12ClN3O2. The quantitative estimate of drug-likeness (QED) is 0.860. The minimum absolute atomic E-state index is 0.0229. The summed E-state index contributed by atoms with van der Waals surface area (Å²) < 4.78 is 5.16. The van der Waals surface area contributed by atoms with Gasteiger partial charge in [-0.2, -0.15) is 5.26 Å². The van der Waals surface area contributed by atoms with E-state index in [9.17, 15) is 4.79 Å². The molecule has 2 N–H and O–H groups in total. The third kappa shape index (κ3) is 3.13. The molecule has 0 saturated carbocycles. The van der Waals surface area contributed by atoms with Crippen LogP contribution in [0.4, 0.5) is 10.5 Å². The van der Waals surface area contributed by atoms with Crippen LogP contribution in [0.5, 0.6) is 0 Å². The number of hydrogen-bond donors (Lipinski definition) is 2. The number of carbonyl (C=O) groups is 1. The van der Waals surface area contributed by atoms with Gasteiger partial charge in [-0.25, -0.2) is 4.79 Å². The summed E-state index contributed by atoms with van der Waals surface area (Å²) in [6.45, 7) is 1.18. The lowest BCUT2D eigenvalue weighted by Crippen LogP contribution is -2.38. The highest BCUT2D eigenvalue weighted by Crippen LogP contribution is 2.20. The SMILES string of the molecule is N#Cc1ccc(Cl)cc1NC(=O)NC1CCOC1. The molecule has 0 aromatic heterocycles. The first-order valence-corrected chi connectivity index (χ1v) is 5.92. The summed E-state index contributed by atoms with van der Waals surface area (Å²) in [5.41, 5.74) is 0.777. The molecule has 1 fully saturated rings. The van der Waals surface area contributed by atoms with Crippen LogP contribution in [-0.2, 0) is 4.74 Å². The number of rotatable bonds is 2. The number of ether oxygens (including phenoxy) is 1. The molecule has 1 unspecified atom stereocenters. The van der Waals surface area contributed by atoms with Gasteiger partial charge >= 0.3 is 6.03 Å². The summed E-state index contributed by atoms with van der Waals surface area (Å²) in [7, 11) is 0. The molecule has 1 aromatic carbocycles. The van der Waals surface area contributed by atoms with Crippen molar-refractivity contribution in [1.82, 2.24) is 5.32 Å². The molecule has 0 bridgehead atoms. The second-order valence-electron chi connectivity index (χ2n) is 3.96. The van der Waals surface area contributed by atoms with Gasteiger partial charge in [-0.3, -0.25) is 0 Å². The van der Waals surface area contributed by atoms with Crippen LogP contribution in [0.3, 0.4) is 0 Å². The van der Waals surface area contributed by atoms with Crippen LogP contribution in [0.1, 0.15) is 12.0 Å². The summed E-state index contributed by atoms with van der Waals surface area (Å²) in [5, 5.41) is 14.8. The van der Waals surface area contributed by atoms with E-state index in [0.717, 1.165) is 6.42 Å². The Bertz CT molecular complexity index is 493. The molecule has 1 aromatic rings. The Morgan fingerprint density at radius 3 is 3.06 bits per heavy atom. The van der Waals surface area contributed by atoms with Crippen molar-refractivity contribution in [3.8, 4) is 6.07 Å². The second kappa shape index (κ2) is 5.71. The summed E-state index contributed by atoms with van der Waals surface area (Å²) in [6, 6.07) is 6.38. The number of nitrogens with zero attached hydrogens (tertiary/aromatic N) is 1. The Kier molecular flexibility index (Phi) is 4.03.